The van der Waals surface area contributed by atoms with E-state index in [-0.39, 0.29) is 5.91 Å². The number of ether oxygens (including phenoxy) is 1. The fraction of sp³-hybridized carbons (Fsp3) is 0.333. The Morgan fingerprint density at radius 3 is 2.55 bits per heavy atom. The van der Waals surface area contributed by atoms with Crippen molar-refractivity contribution in [2.75, 3.05) is 6.61 Å². The van der Waals surface area contributed by atoms with Gasteiger partial charge in [-0.3, -0.25) is 4.79 Å². The van der Waals surface area contributed by atoms with Gasteiger partial charge < -0.3 is 14.6 Å². The molecule has 1 aromatic heterocycles. The van der Waals surface area contributed by atoms with Gasteiger partial charge in [0.1, 0.15) is 11.5 Å². The highest BCUT2D eigenvalue weighted by molar-refractivity contribution is 5.94. The number of nitrogens with one attached hydrogen (secondary N) is 1. The van der Waals surface area contributed by atoms with E-state index in [1.165, 1.54) is 0 Å². The summed E-state index contributed by atoms with van der Waals surface area (Å²) in [5.41, 5.74) is 2.32. The predicted octanol–water partition coefficient (Wildman–Crippen LogP) is 2.62. The number of amides is 1. The quantitative estimate of drug-likeness (QED) is 0.910. The summed E-state index contributed by atoms with van der Waals surface area (Å²) in [6.45, 7) is 6.63. The topological polar surface area (TPSA) is 64.4 Å². The third kappa shape index (κ3) is 3.17. The first-order valence-corrected chi connectivity index (χ1v) is 6.54. The molecule has 0 atom stereocenters. The maximum atomic E-state index is 12.0. The smallest absolute Gasteiger partial charge is 0.251 e. The lowest BCUT2D eigenvalue weighted by molar-refractivity contribution is 0.0951. The Balaban J connectivity index is 1.98. The van der Waals surface area contributed by atoms with Crippen molar-refractivity contribution in [3.05, 3.63) is 46.8 Å². The first kappa shape index (κ1) is 14.1. The molecule has 2 aromatic rings. The molecule has 0 fully saturated rings. The summed E-state index contributed by atoms with van der Waals surface area (Å²) in [5, 5.41) is 6.71. The summed E-state index contributed by atoms with van der Waals surface area (Å²) in [4.78, 5) is 12.0. The van der Waals surface area contributed by atoms with Gasteiger partial charge in [-0.2, -0.15) is 0 Å². The second-order valence-corrected chi connectivity index (χ2v) is 4.44. The third-order valence-corrected chi connectivity index (χ3v) is 3.03. The van der Waals surface area contributed by atoms with Gasteiger partial charge in [0.15, 0.2) is 0 Å². The van der Waals surface area contributed by atoms with E-state index in [9.17, 15) is 4.79 Å². The second kappa shape index (κ2) is 6.23. The number of aromatic nitrogens is 1. The van der Waals surface area contributed by atoms with Gasteiger partial charge in [0.05, 0.1) is 12.3 Å². The van der Waals surface area contributed by atoms with E-state index in [1.807, 2.05) is 20.8 Å². The number of aryl methyl sites for hydroxylation is 2. The van der Waals surface area contributed by atoms with Crippen LogP contribution in [0.2, 0.25) is 0 Å². The van der Waals surface area contributed by atoms with Gasteiger partial charge in [-0.1, -0.05) is 5.16 Å². The van der Waals surface area contributed by atoms with Crippen molar-refractivity contribution >= 4 is 5.91 Å². The highest BCUT2D eigenvalue weighted by Gasteiger charge is 2.11. The molecule has 0 aliphatic rings. The van der Waals surface area contributed by atoms with Crippen LogP contribution >= 0.6 is 0 Å². The van der Waals surface area contributed by atoms with E-state index in [0.717, 1.165) is 22.8 Å². The van der Waals surface area contributed by atoms with Gasteiger partial charge in [-0.15, -0.1) is 0 Å². The van der Waals surface area contributed by atoms with Crippen molar-refractivity contribution in [1.82, 2.24) is 10.5 Å². The maximum absolute atomic E-state index is 12.0. The molecule has 1 amide bonds. The zero-order chi connectivity index (χ0) is 14.5. The Hall–Kier alpha value is -2.30. The third-order valence-electron chi connectivity index (χ3n) is 3.03. The molecular formula is C15H18N2O3. The normalized spacial score (nSPS) is 10.3. The van der Waals surface area contributed by atoms with Crippen molar-refractivity contribution in [3.63, 3.8) is 0 Å². The van der Waals surface area contributed by atoms with Gasteiger partial charge in [-0.25, -0.2) is 0 Å². The number of nitrogens with zero attached hydrogens (tertiary/aromatic N) is 1. The van der Waals surface area contributed by atoms with Crippen LogP contribution in [0.3, 0.4) is 0 Å². The summed E-state index contributed by atoms with van der Waals surface area (Å²) in [7, 11) is 0. The lowest BCUT2D eigenvalue weighted by atomic mass is 10.1. The zero-order valence-electron chi connectivity index (χ0n) is 11.9. The Bertz CT molecular complexity index is 568. The molecule has 0 saturated heterocycles. The fourth-order valence-corrected chi connectivity index (χ4v) is 1.89. The fourth-order valence-electron chi connectivity index (χ4n) is 1.89. The molecular weight excluding hydrogens is 256 g/mol. The van der Waals surface area contributed by atoms with Crippen LogP contribution in [0.25, 0.3) is 0 Å². The molecule has 106 valence electrons. The number of carbonyl (C=O) groups is 1. The lowest BCUT2D eigenvalue weighted by Gasteiger charge is -2.06. The van der Waals surface area contributed by atoms with E-state index in [0.29, 0.717) is 18.7 Å². The molecule has 2 rings (SSSR count). The van der Waals surface area contributed by atoms with Gasteiger partial charge in [0.2, 0.25) is 0 Å². The largest absolute Gasteiger partial charge is 0.494 e. The molecule has 20 heavy (non-hydrogen) atoms. The summed E-state index contributed by atoms with van der Waals surface area (Å²) < 4.78 is 10.4. The van der Waals surface area contributed by atoms with Crippen LogP contribution in [-0.4, -0.2) is 17.7 Å². The van der Waals surface area contributed by atoms with Crippen LogP contribution in [-0.2, 0) is 6.54 Å². The van der Waals surface area contributed by atoms with Gasteiger partial charge in [0.25, 0.3) is 5.91 Å². The molecule has 1 heterocycles. The molecule has 0 spiro atoms. The van der Waals surface area contributed by atoms with Crippen molar-refractivity contribution in [1.29, 1.82) is 0 Å². The maximum Gasteiger partial charge on any atom is 0.251 e. The van der Waals surface area contributed by atoms with Gasteiger partial charge >= 0.3 is 0 Å². The number of carbonyl (C=O) groups excluding carboxylic acids is 1. The zero-order valence-corrected chi connectivity index (χ0v) is 11.9. The Kier molecular flexibility index (Phi) is 4.40. The van der Waals surface area contributed by atoms with Crippen molar-refractivity contribution in [2.24, 2.45) is 0 Å². The summed E-state index contributed by atoms with van der Waals surface area (Å²) >= 11 is 0. The molecule has 0 radical (unpaired) electrons. The SMILES string of the molecule is CCOc1ccc(C(=O)NCc2c(C)noc2C)cc1. The summed E-state index contributed by atoms with van der Waals surface area (Å²) in [5.74, 6) is 1.36. The summed E-state index contributed by atoms with van der Waals surface area (Å²) in [6.07, 6.45) is 0. The van der Waals surface area contributed by atoms with Crippen molar-refractivity contribution in [3.8, 4) is 5.75 Å². The standard InChI is InChI=1S/C15H18N2O3/c1-4-19-13-7-5-12(6-8-13)15(18)16-9-14-10(2)17-20-11(14)3/h5-8H,4,9H2,1-3H3,(H,16,18). The van der Waals surface area contributed by atoms with Crippen LogP contribution in [0, 0.1) is 13.8 Å². The minimum absolute atomic E-state index is 0.131. The van der Waals surface area contributed by atoms with Gasteiger partial charge in [-0.05, 0) is 45.0 Å². The van der Waals surface area contributed by atoms with Crippen LogP contribution in [0.5, 0.6) is 5.75 Å². The molecule has 0 saturated carbocycles. The van der Waals surface area contributed by atoms with E-state index < -0.39 is 0 Å². The number of hydrogen-bond donors (Lipinski definition) is 1. The Labute approximate surface area is 117 Å². The predicted molar refractivity (Wildman–Crippen MR) is 74.8 cm³/mol. The van der Waals surface area contributed by atoms with E-state index in [1.54, 1.807) is 24.3 Å². The number of benzene rings is 1. The highest BCUT2D eigenvalue weighted by atomic mass is 16.5. The first-order chi connectivity index (χ1) is 9.61. The summed E-state index contributed by atoms with van der Waals surface area (Å²) in [6, 6.07) is 7.06. The minimum Gasteiger partial charge on any atom is -0.494 e. The van der Waals surface area contributed by atoms with E-state index >= 15 is 0 Å². The minimum atomic E-state index is -0.131. The monoisotopic (exact) mass is 274 g/mol. The van der Waals surface area contributed by atoms with Crippen molar-refractivity contribution < 1.29 is 14.1 Å². The molecule has 0 aliphatic heterocycles. The number of hydrogen-bond acceptors (Lipinski definition) is 4. The lowest BCUT2D eigenvalue weighted by Crippen LogP contribution is -2.23. The molecule has 0 aliphatic carbocycles. The Morgan fingerprint density at radius 2 is 2.00 bits per heavy atom. The van der Waals surface area contributed by atoms with Gasteiger partial charge in [0, 0.05) is 17.7 Å². The van der Waals surface area contributed by atoms with E-state index in [4.69, 9.17) is 9.26 Å². The van der Waals surface area contributed by atoms with Crippen LogP contribution < -0.4 is 10.1 Å². The van der Waals surface area contributed by atoms with Crippen molar-refractivity contribution in [2.45, 2.75) is 27.3 Å². The molecule has 1 aromatic carbocycles. The Morgan fingerprint density at radius 1 is 1.30 bits per heavy atom. The molecule has 0 bridgehead atoms. The van der Waals surface area contributed by atoms with Crippen LogP contribution in [0.4, 0.5) is 0 Å². The average molecular weight is 274 g/mol. The highest BCUT2D eigenvalue weighted by Crippen LogP contribution is 2.14. The second-order valence-electron chi connectivity index (χ2n) is 4.44. The molecule has 0 unspecified atom stereocenters. The van der Waals surface area contributed by atoms with Crippen LogP contribution in [0.15, 0.2) is 28.8 Å². The first-order valence-electron chi connectivity index (χ1n) is 6.54. The van der Waals surface area contributed by atoms with E-state index in [2.05, 4.69) is 10.5 Å². The number of rotatable bonds is 5. The van der Waals surface area contributed by atoms with Crippen LogP contribution in [0.1, 0.15) is 34.3 Å². The molecule has 1 N–H and O–H groups in total. The average Bonchev–Trinajstić information content (AvgIpc) is 2.77. The molecule has 5 heteroatoms. The molecule has 5 nitrogen and oxygen atoms in total.